The van der Waals surface area contributed by atoms with E-state index in [2.05, 4.69) is 44.2 Å². The van der Waals surface area contributed by atoms with Crippen LogP contribution in [0, 0.1) is 0 Å². The van der Waals surface area contributed by atoms with Crippen LogP contribution in [0.4, 0.5) is 0 Å². The molecular weight excluding hydrogens is 382 g/mol. The lowest BCUT2D eigenvalue weighted by Crippen LogP contribution is -2.45. The molecule has 0 unspecified atom stereocenters. The lowest BCUT2D eigenvalue weighted by atomic mass is 10.2. The first-order chi connectivity index (χ1) is 14.6. The predicted octanol–water partition coefficient (Wildman–Crippen LogP) is 2.81. The van der Waals surface area contributed by atoms with Gasteiger partial charge in [-0.05, 0) is 12.5 Å². The van der Waals surface area contributed by atoms with E-state index in [1.807, 2.05) is 13.0 Å². The quantitative estimate of drug-likeness (QED) is 0.594. The summed E-state index contributed by atoms with van der Waals surface area (Å²) in [5.74, 6) is 0.366. The first-order valence-electron chi connectivity index (χ1n) is 10.2. The topological polar surface area (TPSA) is 78.9 Å². The SMILES string of the molecule is C[C@@H](c1ccon1)N(C)C(=O)c1coc(CN2CCN(Cc3ccccc3)CC2)n1. The summed E-state index contributed by atoms with van der Waals surface area (Å²) in [7, 11) is 1.72. The van der Waals surface area contributed by atoms with Gasteiger partial charge in [0.1, 0.15) is 18.2 Å². The Labute approximate surface area is 176 Å². The maximum Gasteiger partial charge on any atom is 0.276 e. The van der Waals surface area contributed by atoms with Gasteiger partial charge in [-0.1, -0.05) is 35.5 Å². The van der Waals surface area contributed by atoms with Gasteiger partial charge in [-0.15, -0.1) is 0 Å². The van der Waals surface area contributed by atoms with Crippen molar-refractivity contribution in [1.82, 2.24) is 24.8 Å². The van der Waals surface area contributed by atoms with Crippen LogP contribution in [-0.4, -0.2) is 64.0 Å². The molecule has 0 saturated carbocycles. The summed E-state index contributed by atoms with van der Waals surface area (Å²) >= 11 is 0. The van der Waals surface area contributed by atoms with Crippen molar-refractivity contribution in [2.24, 2.45) is 0 Å². The van der Waals surface area contributed by atoms with E-state index in [0.717, 1.165) is 32.7 Å². The molecule has 0 radical (unpaired) electrons. The van der Waals surface area contributed by atoms with E-state index in [4.69, 9.17) is 8.94 Å². The fourth-order valence-electron chi connectivity index (χ4n) is 3.61. The lowest BCUT2D eigenvalue weighted by Gasteiger charge is -2.34. The molecule has 1 saturated heterocycles. The summed E-state index contributed by atoms with van der Waals surface area (Å²) in [6.45, 7) is 7.37. The monoisotopic (exact) mass is 409 g/mol. The van der Waals surface area contributed by atoms with E-state index < -0.39 is 0 Å². The van der Waals surface area contributed by atoms with Gasteiger partial charge in [0.05, 0.1) is 12.6 Å². The Morgan fingerprint density at radius 2 is 1.80 bits per heavy atom. The lowest BCUT2D eigenvalue weighted by molar-refractivity contribution is 0.0731. The fraction of sp³-hybridized carbons (Fsp3) is 0.409. The van der Waals surface area contributed by atoms with Crippen molar-refractivity contribution in [3.05, 3.63) is 71.8 Å². The van der Waals surface area contributed by atoms with E-state index >= 15 is 0 Å². The Morgan fingerprint density at radius 3 is 2.47 bits per heavy atom. The number of carbonyl (C=O) groups excluding carboxylic acids is 1. The molecule has 1 aromatic carbocycles. The minimum Gasteiger partial charge on any atom is -0.447 e. The van der Waals surface area contributed by atoms with E-state index in [0.29, 0.717) is 23.8 Å². The van der Waals surface area contributed by atoms with Crippen LogP contribution in [0.2, 0.25) is 0 Å². The van der Waals surface area contributed by atoms with E-state index in [1.54, 1.807) is 18.0 Å². The third-order valence-electron chi connectivity index (χ3n) is 5.63. The molecule has 0 N–H and O–H groups in total. The molecule has 158 valence electrons. The van der Waals surface area contributed by atoms with Crippen LogP contribution < -0.4 is 0 Å². The van der Waals surface area contributed by atoms with Crippen molar-refractivity contribution >= 4 is 5.91 Å². The molecule has 1 amide bonds. The van der Waals surface area contributed by atoms with Crippen molar-refractivity contribution in [1.29, 1.82) is 0 Å². The van der Waals surface area contributed by atoms with Crippen molar-refractivity contribution in [2.45, 2.75) is 26.1 Å². The number of carbonyl (C=O) groups is 1. The molecule has 4 rings (SSSR count). The summed E-state index contributed by atoms with van der Waals surface area (Å²) in [5.41, 5.74) is 2.35. The highest BCUT2D eigenvalue weighted by Crippen LogP contribution is 2.19. The number of hydrogen-bond donors (Lipinski definition) is 0. The maximum absolute atomic E-state index is 12.7. The Bertz CT molecular complexity index is 933. The zero-order chi connectivity index (χ0) is 20.9. The Morgan fingerprint density at radius 1 is 1.10 bits per heavy atom. The second-order valence-corrected chi connectivity index (χ2v) is 7.68. The molecule has 3 heterocycles. The van der Waals surface area contributed by atoms with Gasteiger partial charge in [0, 0.05) is 45.8 Å². The first kappa shape index (κ1) is 20.3. The Hall–Kier alpha value is -2.97. The molecule has 3 aromatic rings. The number of oxazole rings is 1. The van der Waals surface area contributed by atoms with Crippen molar-refractivity contribution in [3.63, 3.8) is 0 Å². The zero-order valence-electron chi connectivity index (χ0n) is 17.4. The molecule has 0 aliphatic carbocycles. The molecule has 1 aliphatic rings. The smallest absolute Gasteiger partial charge is 0.276 e. The zero-order valence-corrected chi connectivity index (χ0v) is 17.4. The highest BCUT2D eigenvalue weighted by Gasteiger charge is 2.24. The molecule has 1 aliphatic heterocycles. The number of nitrogens with zero attached hydrogens (tertiary/aromatic N) is 5. The van der Waals surface area contributed by atoms with Crippen LogP contribution in [0.25, 0.3) is 0 Å². The Balaban J connectivity index is 1.28. The third-order valence-corrected chi connectivity index (χ3v) is 5.63. The number of rotatable bonds is 7. The molecule has 2 aromatic heterocycles. The molecule has 8 nitrogen and oxygen atoms in total. The van der Waals surface area contributed by atoms with Crippen LogP contribution in [0.1, 0.15) is 40.6 Å². The second-order valence-electron chi connectivity index (χ2n) is 7.68. The molecule has 1 fully saturated rings. The number of aromatic nitrogens is 2. The molecule has 0 spiro atoms. The van der Waals surface area contributed by atoms with Crippen molar-refractivity contribution in [2.75, 3.05) is 33.2 Å². The number of piperazine rings is 1. The van der Waals surface area contributed by atoms with Crippen molar-refractivity contribution < 1.29 is 13.7 Å². The van der Waals surface area contributed by atoms with Crippen LogP contribution >= 0.6 is 0 Å². The summed E-state index contributed by atoms with van der Waals surface area (Å²) in [6, 6.07) is 12.1. The fourth-order valence-corrected chi connectivity index (χ4v) is 3.61. The normalized spacial score (nSPS) is 16.5. The minimum absolute atomic E-state index is 0.201. The summed E-state index contributed by atoms with van der Waals surface area (Å²) < 4.78 is 10.5. The van der Waals surface area contributed by atoms with Gasteiger partial charge >= 0.3 is 0 Å². The summed E-state index contributed by atoms with van der Waals surface area (Å²) in [6.07, 6.45) is 2.94. The largest absolute Gasteiger partial charge is 0.447 e. The number of amides is 1. The van der Waals surface area contributed by atoms with Crippen LogP contribution in [-0.2, 0) is 13.1 Å². The molecular formula is C22H27N5O3. The van der Waals surface area contributed by atoms with Gasteiger partial charge in [-0.2, -0.15) is 0 Å². The van der Waals surface area contributed by atoms with Gasteiger partial charge in [0.15, 0.2) is 5.69 Å². The van der Waals surface area contributed by atoms with Gasteiger partial charge in [0.2, 0.25) is 5.89 Å². The average molecular weight is 409 g/mol. The Kier molecular flexibility index (Phi) is 6.25. The highest BCUT2D eigenvalue weighted by atomic mass is 16.5. The van der Waals surface area contributed by atoms with Crippen LogP contribution in [0.5, 0.6) is 0 Å². The molecule has 30 heavy (non-hydrogen) atoms. The van der Waals surface area contributed by atoms with Crippen LogP contribution in [0.15, 0.2) is 57.9 Å². The van der Waals surface area contributed by atoms with Gasteiger partial charge in [0.25, 0.3) is 5.91 Å². The summed E-state index contributed by atoms with van der Waals surface area (Å²) in [4.78, 5) is 23.5. The van der Waals surface area contributed by atoms with Crippen molar-refractivity contribution in [3.8, 4) is 0 Å². The standard InChI is InChI=1S/C22H27N5O3/c1-17(19-8-13-30-24-19)25(2)22(28)20-16-29-21(23-20)15-27-11-9-26(10-12-27)14-18-6-4-3-5-7-18/h3-8,13,16-17H,9-12,14-15H2,1-2H3/t17-/m0/s1. The van der Waals surface area contributed by atoms with Crippen LogP contribution in [0.3, 0.4) is 0 Å². The second kappa shape index (κ2) is 9.23. The minimum atomic E-state index is -0.214. The van der Waals surface area contributed by atoms with E-state index in [9.17, 15) is 4.79 Å². The maximum atomic E-state index is 12.7. The van der Waals surface area contributed by atoms with Gasteiger partial charge in [-0.25, -0.2) is 4.98 Å². The summed E-state index contributed by atoms with van der Waals surface area (Å²) in [5, 5.41) is 3.90. The number of hydrogen-bond acceptors (Lipinski definition) is 7. The molecule has 0 bridgehead atoms. The molecule has 8 heteroatoms. The third kappa shape index (κ3) is 4.77. The molecule has 1 atom stereocenters. The predicted molar refractivity (Wildman–Crippen MR) is 111 cm³/mol. The highest BCUT2D eigenvalue weighted by molar-refractivity contribution is 5.92. The van der Waals surface area contributed by atoms with E-state index in [-0.39, 0.29) is 11.9 Å². The average Bonchev–Trinajstić information content (AvgIpc) is 3.47. The first-order valence-corrected chi connectivity index (χ1v) is 10.2. The van der Waals surface area contributed by atoms with E-state index in [1.165, 1.54) is 18.1 Å². The number of benzene rings is 1. The van der Waals surface area contributed by atoms with Gasteiger partial charge in [-0.3, -0.25) is 14.6 Å². The van der Waals surface area contributed by atoms with Gasteiger partial charge < -0.3 is 13.8 Å².